The molecule has 0 spiro atoms. The topological polar surface area (TPSA) is 59.8 Å². The van der Waals surface area contributed by atoms with Crippen LogP contribution in [0.1, 0.15) is 34.6 Å². The third kappa shape index (κ3) is 3.32. The van der Waals surface area contributed by atoms with Crippen LogP contribution in [0.15, 0.2) is 36.4 Å². The van der Waals surface area contributed by atoms with Gasteiger partial charge in [-0.3, -0.25) is 4.79 Å². The Bertz CT molecular complexity index is 988. The van der Waals surface area contributed by atoms with Crippen molar-refractivity contribution in [3.63, 3.8) is 0 Å². The summed E-state index contributed by atoms with van der Waals surface area (Å²) in [6.45, 7) is 2.46. The molecule has 0 saturated carbocycles. The van der Waals surface area contributed by atoms with Gasteiger partial charge in [0.05, 0.1) is 0 Å². The molecule has 2 aromatic carbocycles. The monoisotopic (exact) mass is 368 g/mol. The molecule has 0 saturated heterocycles. The minimum Gasteiger partial charge on any atom is -0.322 e. The molecule has 1 aliphatic rings. The van der Waals surface area contributed by atoms with E-state index in [1.54, 1.807) is 19.1 Å². The molecule has 0 aliphatic carbocycles. The van der Waals surface area contributed by atoms with E-state index in [2.05, 4.69) is 20.1 Å². The van der Waals surface area contributed by atoms with E-state index in [9.17, 15) is 13.6 Å². The molecule has 3 aromatic rings. The van der Waals surface area contributed by atoms with Gasteiger partial charge in [-0.25, -0.2) is 8.78 Å². The number of anilines is 1. The number of benzene rings is 2. The molecule has 1 N–H and O–H groups in total. The zero-order chi connectivity index (χ0) is 19.0. The summed E-state index contributed by atoms with van der Waals surface area (Å²) in [5.41, 5.74) is 1.15. The second kappa shape index (κ2) is 6.90. The van der Waals surface area contributed by atoms with Gasteiger partial charge in [-0.2, -0.15) is 0 Å². The predicted molar refractivity (Wildman–Crippen MR) is 97.4 cm³/mol. The molecule has 138 valence electrons. The van der Waals surface area contributed by atoms with Gasteiger partial charge in [-0.05, 0) is 61.7 Å². The largest absolute Gasteiger partial charge is 0.322 e. The van der Waals surface area contributed by atoms with Crippen molar-refractivity contribution < 1.29 is 13.6 Å². The van der Waals surface area contributed by atoms with Crippen LogP contribution < -0.4 is 5.32 Å². The lowest BCUT2D eigenvalue weighted by Gasteiger charge is -2.15. The number of carbonyl (C=O) groups excluding carboxylic acids is 1. The third-order valence-electron chi connectivity index (χ3n) is 4.67. The fourth-order valence-corrected chi connectivity index (χ4v) is 3.33. The SMILES string of the molecule is Cc1cc(F)c(C(=O)Nc2ccc(-c3nnc4n3CCCC4)cc2)c(F)c1. The van der Waals surface area contributed by atoms with Crippen LogP contribution in [0.5, 0.6) is 0 Å². The van der Waals surface area contributed by atoms with Gasteiger partial charge in [0.2, 0.25) is 0 Å². The summed E-state index contributed by atoms with van der Waals surface area (Å²) >= 11 is 0. The van der Waals surface area contributed by atoms with Gasteiger partial charge in [0.15, 0.2) is 5.82 Å². The molecule has 27 heavy (non-hydrogen) atoms. The highest BCUT2D eigenvalue weighted by atomic mass is 19.1. The number of carbonyl (C=O) groups is 1. The molecule has 0 radical (unpaired) electrons. The van der Waals surface area contributed by atoms with Crippen molar-refractivity contribution in [2.45, 2.75) is 32.7 Å². The molecule has 5 nitrogen and oxygen atoms in total. The predicted octanol–water partition coefficient (Wildman–Crippen LogP) is 4.12. The van der Waals surface area contributed by atoms with E-state index >= 15 is 0 Å². The fraction of sp³-hybridized carbons (Fsp3) is 0.250. The molecule has 0 fully saturated rings. The Kier molecular flexibility index (Phi) is 4.43. The summed E-state index contributed by atoms with van der Waals surface area (Å²) in [6, 6.07) is 9.25. The Morgan fingerprint density at radius 2 is 1.78 bits per heavy atom. The van der Waals surface area contributed by atoms with E-state index < -0.39 is 23.1 Å². The number of aryl methyl sites for hydroxylation is 2. The minimum absolute atomic E-state index is 0.419. The molecule has 0 unspecified atom stereocenters. The van der Waals surface area contributed by atoms with E-state index in [0.29, 0.717) is 11.3 Å². The molecule has 2 heterocycles. The Balaban J connectivity index is 1.55. The normalized spacial score (nSPS) is 13.3. The number of nitrogens with zero attached hydrogens (tertiary/aromatic N) is 3. The Labute approximate surface area is 155 Å². The number of fused-ring (bicyclic) bond motifs is 1. The van der Waals surface area contributed by atoms with Crippen molar-refractivity contribution in [2.24, 2.45) is 0 Å². The van der Waals surface area contributed by atoms with Gasteiger partial charge in [0.1, 0.15) is 23.0 Å². The van der Waals surface area contributed by atoms with Crippen LogP contribution in [-0.2, 0) is 13.0 Å². The summed E-state index contributed by atoms with van der Waals surface area (Å²) in [6.07, 6.45) is 3.14. The van der Waals surface area contributed by atoms with Crippen LogP contribution in [0.25, 0.3) is 11.4 Å². The van der Waals surface area contributed by atoms with Crippen LogP contribution in [0.2, 0.25) is 0 Å². The lowest BCUT2D eigenvalue weighted by molar-refractivity contribution is 0.101. The van der Waals surface area contributed by atoms with Crippen LogP contribution in [0, 0.1) is 18.6 Å². The number of nitrogens with one attached hydrogen (secondary N) is 1. The van der Waals surface area contributed by atoms with Crippen LogP contribution in [0.4, 0.5) is 14.5 Å². The first kappa shape index (κ1) is 17.3. The molecular weight excluding hydrogens is 350 g/mol. The van der Waals surface area contributed by atoms with E-state index in [-0.39, 0.29) is 0 Å². The van der Waals surface area contributed by atoms with Gasteiger partial charge in [-0.1, -0.05) is 0 Å². The maximum atomic E-state index is 14.0. The summed E-state index contributed by atoms with van der Waals surface area (Å²) < 4.78 is 30.0. The molecular formula is C20H18F2N4O. The van der Waals surface area contributed by atoms with Crippen molar-refractivity contribution in [3.8, 4) is 11.4 Å². The van der Waals surface area contributed by atoms with E-state index in [1.807, 2.05) is 12.1 Å². The van der Waals surface area contributed by atoms with Crippen molar-refractivity contribution in [1.82, 2.24) is 14.8 Å². The number of hydrogen-bond acceptors (Lipinski definition) is 3. The first-order valence-corrected chi connectivity index (χ1v) is 8.82. The Morgan fingerprint density at radius 3 is 2.48 bits per heavy atom. The Morgan fingerprint density at radius 1 is 1.07 bits per heavy atom. The first-order valence-electron chi connectivity index (χ1n) is 8.82. The van der Waals surface area contributed by atoms with E-state index in [1.165, 1.54) is 0 Å². The highest BCUT2D eigenvalue weighted by Gasteiger charge is 2.19. The standard InChI is InChI=1S/C20H18F2N4O/c1-12-10-15(21)18(16(22)11-12)20(27)23-14-7-5-13(6-8-14)19-25-24-17-4-2-3-9-26(17)19/h5-8,10-11H,2-4,9H2,1H3,(H,23,27). The van der Waals surface area contributed by atoms with E-state index in [0.717, 1.165) is 55.2 Å². The minimum atomic E-state index is -0.878. The second-order valence-electron chi connectivity index (χ2n) is 6.68. The van der Waals surface area contributed by atoms with Crippen LogP contribution in [0.3, 0.4) is 0 Å². The van der Waals surface area contributed by atoms with Crippen molar-refractivity contribution in [2.75, 3.05) is 5.32 Å². The zero-order valence-corrected chi connectivity index (χ0v) is 14.8. The number of rotatable bonds is 3. The molecule has 7 heteroatoms. The summed E-state index contributed by atoms with van der Waals surface area (Å²) in [4.78, 5) is 12.3. The number of halogens is 2. The van der Waals surface area contributed by atoms with Gasteiger partial charge >= 0.3 is 0 Å². The highest BCUT2D eigenvalue weighted by molar-refractivity contribution is 6.04. The lowest BCUT2D eigenvalue weighted by atomic mass is 10.1. The van der Waals surface area contributed by atoms with Crippen LogP contribution >= 0.6 is 0 Å². The molecule has 4 rings (SSSR count). The number of aromatic nitrogens is 3. The van der Waals surface area contributed by atoms with Crippen molar-refractivity contribution in [3.05, 3.63) is 65.0 Å². The third-order valence-corrected chi connectivity index (χ3v) is 4.67. The molecule has 1 aromatic heterocycles. The smallest absolute Gasteiger partial charge is 0.261 e. The van der Waals surface area contributed by atoms with Gasteiger partial charge in [-0.15, -0.1) is 10.2 Å². The van der Waals surface area contributed by atoms with Crippen LogP contribution in [-0.4, -0.2) is 20.7 Å². The molecule has 0 bridgehead atoms. The fourth-order valence-electron chi connectivity index (χ4n) is 3.33. The Hall–Kier alpha value is -3.09. The van der Waals surface area contributed by atoms with Gasteiger partial charge in [0.25, 0.3) is 5.91 Å². The van der Waals surface area contributed by atoms with E-state index in [4.69, 9.17) is 0 Å². The second-order valence-corrected chi connectivity index (χ2v) is 6.68. The molecule has 1 amide bonds. The maximum Gasteiger partial charge on any atom is 0.261 e. The van der Waals surface area contributed by atoms with Crippen molar-refractivity contribution >= 4 is 11.6 Å². The summed E-state index contributed by atoms with van der Waals surface area (Å²) in [5.74, 6) is -0.803. The summed E-state index contributed by atoms with van der Waals surface area (Å²) in [5, 5.41) is 11.0. The quantitative estimate of drug-likeness (QED) is 0.757. The lowest BCUT2D eigenvalue weighted by Crippen LogP contribution is -2.16. The average molecular weight is 368 g/mol. The van der Waals surface area contributed by atoms with Gasteiger partial charge in [0, 0.05) is 24.2 Å². The first-order chi connectivity index (χ1) is 13.0. The molecule has 0 atom stereocenters. The number of hydrogen-bond donors (Lipinski definition) is 1. The number of amides is 1. The summed E-state index contributed by atoms with van der Waals surface area (Å²) in [7, 11) is 0. The van der Waals surface area contributed by atoms with Gasteiger partial charge < -0.3 is 9.88 Å². The average Bonchev–Trinajstić information content (AvgIpc) is 3.05. The zero-order valence-electron chi connectivity index (χ0n) is 14.8. The maximum absolute atomic E-state index is 14.0. The van der Waals surface area contributed by atoms with Crippen molar-refractivity contribution in [1.29, 1.82) is 0 Å². The molecule has 1 aliphatic heterocycles. The highest BCUT2D eigenvalue weighted by Crippen LogP contribution is 2.25.